The third-order valence-electron chi connectivity index (χ3n) is 5.50. The van der Waals surface area contributed by atoms with Crippen molar-refractivity contribution in [1.82, 2.24) is 10.9 Å². The van der Waals surface area contributed by atoms with Gasteiger partial charge in [-0.05, 0) is 74.0 Å². The van der Waals surface area contributed by atoms with Crippen LogP contribution in [0.25, 0.3) is 0 Å². The van der Waals surface area contributed by atoms with E-state index in [2.05, 4.69) is 21.2 Å². The monoisotopic (exact) mass is 503 g/mol. The molecule has 3 aromatic rings. The van der Waals surface area contributed by atoms with E-state index in [9.17, 15) is 9.59 Å². The van der Waals surface area contributed by atoms with E-state index >= 15 is 0 Å². The van der Waals surface area contributed by atoms with Gasteiger partial charge in [-0.1, -0.05) is 12.1 Å². The predicted molar refractivity (Wildman–Crippen MR) is 140 cm³/mol. The highest BCUT2D eigenvalue weighted by atomic mass is 16.5. The highest BCUT2D eigenvalue weighted by Gasteiger charge is 2.24. The number of nitrogens with one attached hydrogen (secondary N) is 3. The van der Waals surface area contributed by atoms with Crippen LogP contribution in [0.3, 0.4) is 0 Å². The van der Waals surface area contributed by atoms with Crippen molar-refractivity contribution < 1.29 is 23.8 Å². The number of fused-ring (bicyclic) bond motifs is 5. The Morgan fingerprint density at radius 2 is 1.86 bits per heavy atom. The molecule has 2 aliphatic rings. The van der Waals surface area contributed by atoms with Crippen LogP contribution in [0.2, 0.25) is 0 Å². The summed E-state index contributed by atoms with van der Waals surface area (Å²) >= 11 is 0. The molecule has 0 saturated heterocycles. The molecule has 0 aromatic heterocycles. The SMILES string of the molecule is COc1cccc(C(=O)NNC(=O)C2Nc3ccc(cc3)/C(N)=N\COc3cc2ccc3OC(C)C)c1. The smallest absolute Gasteiger partial charge is 0.269 e. The van der Waals surface area contributed by atoms with E-state index < -0.39 is 17.9 Å². The van der Waals surface area contributed by atoms with Gasteiger partial charge < -0.3 is 25.3 Å². The second kappa shape index (κ2) is 11.3. The number of carbonyl (C=O) groups is 2. The van der Waals surface area contributed by atoms with Gasteiger partial charge in [0.15, 0.2) is 18.2 Å². The van der Waals surface area contributed by atoms with Crippen LogP contribution in [0.15, 0.2) is 71.7 Å². The lowest BCUT2D eigenvalue weighted by molar-refractivity contribution is -0.122. The first kappa shape index (κ1) is 25.4. The van der Waals surface area contributed by atoms with Gasteiger partial charge in [0, 0.05) is 16.8 Å². The Balaban J connectivity index is 1.63. The summed E-state index contributed by atoms with van der Waals surface area (Å²) < 4.78 is 16.9. The van der Waals surface area contributed by atoms with Crippen LogP contribution >= 0.6 is 0 Å². The Kier molecular flexibility index (Phi) is 7.77. The number of hydrazine groups is 1. The number of amidine groups is 1. The Bertz CT molecular complexity index is 1310. The van der Waals surface area contributed by atoms with Crippen molar-refractivity contribution >= 4 is 23.3 Å². The minimum Gasteiger partial charge on any atom is -0.497 e. The number of benzene rings is 3. The Labute approximate surface area is 214 Å². The van der Waals surface area contributed by atoms with Gasteiger partial charge in [0.1, 0.15) is 17.6 Å². The molecule has 0 aliphatic carbocycles. The molecule has 1 atom stereocenters. The molecule has 1 unspecified atom stereocenters. The number of methoxy groups -OCH3 is 1. The minimum absolute atomic E-state index is 0.0353. The number of nitrogens with two attached hydrogens (primary N) is 1. The largest absolute Gasteiger partial charge is 0.497 e. The molecule has 3 aromatic carbocycles. The van der Waals surface area contributed by atoms with E-state index in [1.54, 1.807) is 66.7 Å². The molecule has 0 saturated carbocycles. The average molecular weight is 504 g/mol. The van der Waals surface area contributed by atoms with Crippen molar-refractivity contribution in [2.24, 2.45) is 10.7 Å². The third-order valence-corrected chi connectivity index (χ3v) is 5.50. The molecule has 0 fully saturated rings. The van der Waals surface area contributed by atoms with Gasteiger partial charge in [-0.25, -0.2) is 4.99 Å². The lowest BCUT2D eigenvalue weighted by Gasteiger charge is -2.22. The average Bonchev–Trinajstić information content (AvgIpc) is 2.92. The first-order valence-electron chi connectivity index (χ1n) is 11.7. The van der Waals surface area contributed by atoms with Crippen LogP contribution in [0.4, 0.5) is 5.69 Å². The first-order valence-corrected chi connectivity index (χ1v) is 11.7. The lowest BCUT2D eigenvalue weighted by Crippen LogP contribution is -2.45. The second-order valence-electron chi connectivity index (χ2n) is 8.52. The van der Waals surface area contributed by atoms with Crippen molar-refractivity contribution in [3.8, 4) is 17.2 Å². The number of nitrogens with zero attached hydrogens (tertiary/aromatic N) is 1. The molecule has 10 nitrogen and oxygen atoms in total. The topological polar surface area (TPSA) is 136 Å². The summed E-state index contributed by atoms with van der Waals surface area (Å²) in [6.07, 6.45) is -0.0942. The van der Waals surface area contributed by atoms with Gasteiger partial charge in [0.2, 0.25) is 0 Å². The maximum Gasteiger partial charge on any atom is 0.269 e. The quantitative estimate of drug-likeness (QED) is 0.393. The van der Waals surface area contributed by atoms with Gasteiger partial charge in [-0.15, -0.1) is 0 Å². The number of ether oxygens (including phenoxy) is 3. The third kappa shape index (κ3) is 6.29. The van der Waals surface area contributed by atoms with Crippen LogP contribution in [-0.4, -0.2) is 37.6 Å². The number of hydrogen-bond donors (Lipinski definition) is 4. The van der Waals surface area contributed by atoms with Gasteiger partial charge >= 0.3 is 0 Å². The van der Waals surface area contributed by atoms with E-state index in [4.69, 9.17) is 19.9 Å². The lowest BCUT2D eigenvalue weighted by atomic mass is 10.0. The predicted octanol–water partition coefficient (Wildman–Crippen LogP) is 3.15. The Hall–Kier alpha value is -4.73. The summed E-state index contributed by atoms with van der Waals surface area (Å²) in [6.45, 7) is 3.77. The van der Waals surface area contributed by atoms with Gasteiger partial charge in [-0.2, -0.15) is 0 Å². The van der Waals surface area contributed by atoms with Crippen LogP contribution in [0, 0.1) is 0 Å². The van der Waals surface area contributed by atoms with E-state index in [1.807, 2.05) is 13.8 Å². The van der Waals surface area contributed by atoms with Crippen molar-refractivity contribution in [3.05, 3.63) is 83.4 Å². The molecule has 4 bridgehead atoms. The number of anilines is 1. The normalized spacial score (nSPS) is 16.0. The van der Waals surface area contributed by atoms with Gasteiger partial charge in [-0.3, -0.25) is 20.4 Å². The van der Waals surface area contributed by atoms with Crippen LogP contribution in [0.5, 0.6) is 17.2 Å². The molecule has 37 heavy (non-hydrogen) atoms. The van der Waals surface area contributed by atoms with Crippen molar-refractivity contribution in [2.75, 3.05) is 19.2 Å². The summed E-state index contributed by atoms with van der Waals surface area (Å²) in [5, 5.41) is 3.21. The number of rotatable bonds is 5. The molecule has 2 heterocycles. The highest BCUT2D eigenvalue weighted by molar-refractivity contribution is 5.98. The summed E-state index contributed by atoms with van der Waals surface area (Å²) in [5.41, 5.74) is 13.4. The summed E-state index contributed by atoms with van der Waals surface area (Å²) in [6, 6.07) is 18.1. The maximum absolute atomic E-state index is 13.3. The second-order valence-corrected chi connectivity index (χ2v) is 8.52. The molecule has 10 heteroatoms. The van der Waals surface area contributed by atoms with Crippen LogP contribution in [-0.2, 0) is 4.79 Å². The summed E-state index contributed by atoms with van der Waals surface area (Å²) in [4.78, 5) is 30.3. The van der Waals surface area contributed by atoms with E-state index in [0.717, 1.165) is 0 Å². The van der Waals surface area contributed by atoms with Crippen molar-refractivity contribution in [3.63, 3.8) is 0 Å². The molecule has 0 spiro atoms. The molecule has 2 amide bonds. The van der Waals surface area contributed by atoms with Crippen molar-refractivity contribution in [2.45, 2.75) is 26.0 Å². The van der Waals surface area contributed by atoms with E-state index in [1.165, 1.54) is 7.11 Å². The highest BCUT2D eigenvalue weighted by Crippen LogP contribution is 2.33. The Morgan fingerprint density at radius 1 is 1.08 bits per heavy atom. The molecule has 5 N–H and O–H groups in total. The molecular formula is C27H29N5O5. The minimum atomic E-state index is -0.883. The number of carbonyl (C=O) groups excluding carboxylic acids is 2. The summed E-state index contributed by atoms with van der Waals surface area (Å²) in [7, 11) is 1.51. The first-order chi connectivity index (χ1) is 17.8. The fourth-order valence-corrected chi connectivity index (χ4v) is 3.66. The molecule has 5 rings (SSSR count). The zero-order chi connectivity index (χ0) is 26.4. The fourth-order valence-electron chi connectivity index (χ4n) is 3.66. The molecule has 2 aliphatic heterocycles. The van der Waals surface area contributed by atoms with Gasteiger partial charge in [0.25, 0.3) is 11.8 Å². The molecular weight excluding hydrogens is 474 g/mol. The fraction of sp³-hybridized carbons (Fsp3) is 0.222. The van der Waals surface area contributed by atoms with Crippen molar-refractivity contribution in [1.29, 1.82) is 0 Å². The Morgan fingerprint density at radius 3 is 2.59 bits per heavy atom. The molecule has 192 valence electrons. The maximum atomic E-state index is 13.3. The van der Waals surface area contributed by atoms with E-state index in [0.29, 0.717) is 45.5 Å². The zero-order valence-corrected chi connectivity index (χ0v) is 20.8. The summed E-state index contributed by atoms with van der Waals surface area (Å²) in [5.74, 6) is 0.786. The standard InChI is InChI=1S/C27H29N5O5/c1-16(2)37-22-12-9-18-14-23(22)36-15-29-25(28)17-7-10-20(11-8-17)30-24(18)27(34)32-31-26(33)19-5-4-6-21(13-19)35-3/h4-14,16,24,30H,15H2,1-3H3,(H2,28,29)(H,31,33)(H,32,34). The van der Waals surface area contributed by atoms with E-state index in [-0.39, 0.29) is 12.8 Å². The zero-order valence-electron chi connectivity index (χ0n) is 20.8. The number of aliphatic imine (C=N–C) groups is 1. The number of hydrogen-bond acceptors (Lipinski definition) is 8. The number of amides is 2. The molecule has 0 radical (unpaired) electrons. The van der Waals surface area contributed by atoms with Crippen LogP contribution < -0.4 is 36.1 Å². The van der Waals surface area contributed by atoms with Gasteiger partial charge in [0.05, 0.1) is 13.2 Å². The van der Waals surface area contributed by atoms with Crippen LogP contribution in [0.1, 0.15) is 41.4 Å².